The van der Waals surface area contributed by atoms with E-state index in [0.29, 0.717) is 13.2 Å². The number of hydrogen-bond donors (Lipinski definition) is 1. The van der Waals surface area contributed by atoms with E-state index in [-0.39, 0.29) is 30.6 Å². The molecule has 1 aliphatic carbocycles. The van der Waals surface area contributed by atoms with Crippen molar-refractivity contribution in [3.63, 3.8) is 0 Å². The molecule has 1 N–H and O–H groups in total. The number of aliphatic hydroxyl groups is 1. The summed E-state index contributed by atoms with van der Waals surface area (Å²) in [7, 11) is 0. The SMILES string of the molecule is O=C(OCC1c2ccccc2-c2ccccc21)N1C[C@H]1[C@H](CO)Cc1ccccc1. The number of rotatable bonds is 6. The van der Waals surface area contributed by atoms with Gasteiger partial charge in [-0.1, -0.05) is 78.9 Å². The van der Waals surface area contributed by atoms with Crippen LogP contribution in [0.1, 0.15) is 22.6 Å². The molecule has 0 spiro atoms. The summed E-state index contributed by atoms with van der Waals surface area (Å²) in [5, 5.41) is 9.84. The minimum atomic E-state index is -0.284. The molecule has 0 radical (unpaired) electrons. The Morgan fingerprint density at radius 3 is 2.17 bits per heavy atom. The molecule has 0 bridgehead atoms. The van der Waals surface area contributed by atoms with Crippen LogP contribution in [0.3, 0.4) is 0 Å². The summed E-state index contributed by atoms with van der Waals surface area (Å²) < 4.78 is 5.74. The highest BCUT2D eigenvalue weighted by molar-refractivity contribution is 5.79. The van der Waals surface area contributed by atoms with Gasteiger partial charge < -0.3 is 14.7 Å². The van der Waals surface area contributed by atoms with Crippen molar-refractivity contribution in [3.05, 3.63) is 95.6 Å². The Hall–Kier alpha value is -3.11. The topological polar surface area (TPSA) is 49.5 Å². The minimum absolute atomic E-state index is 0.0351. The summed E-state index contributed by atoms with van der Waals surface area (Å²) in [6, 6.07) is 26.8. The van der Waals surface area contributed by atoms with Gasteiger partial charge in [0.15, 0.2) is 0 Å². The number of nitrogens with zero attached hydrogens (tertiary/aromatic N) is 1. The molecule has 4 heteroatoms. The molecule has 4 nitrogen and oxygen atoms in total. The zero-order valence-corrected chi connectivity index (χ0v) is 16.8. The first-order chi connectivity index (χ1) is 14.8. The van der Waals surface area contributed by atoms with E-state index in [1.54, 1.807) is 4.90 Å². The average molecular weight is 399 g/mol. The maximum Gasteiger partial charge on any atom is 0.410 e. The zero-order chi connectivity index (χ0) is 20.5. The predicted octanol–water partition coefficient (Wildman–Crippen LogP) is 4.47. The van der Waals surface area contributed by atoms with Gasteiger partial charge in [-0.2, -0.15) is 0 Å². The fourth-order valence-electron chi connectivity index (χ4n) is 4.68. The lowest BCUT2D eigenvalue weighted by Gasteiger charge is -2.17. The molecular weight excluding hydrogens is 374 g/mol. The number of fused-ring (bicyclic) bond motifs is 3. The normalized spacial score (nSPS) is 17.9. The Balaban J connectivity index is 1.23. The van der Waals surface area contributed by atoms with Crippen molar-refractivity contribution in [1.82, 2.24) is 4.90 Å². The molecule has 0 saturated carbocycles. The summed E-state index contributed by atoms with van der Waals surface area (Å²) in [6.07, 6.45) is 0.475. The largest absolute Gasteiger partial charge is 0.448 e. The second-order valence-electron chi connectivity index (χ2n) is 8.16. The van der Waals surface area contributed by atoms with Gasteiger partial charge in [-0.15, -0.1) is 0 Å². The lowest BCUT2D eigenvalue weighted by atomic mass is 9.97. The van der Waals surface area contributed by atoms with Crippen molar-refractivity contribution in [3.8, 4) is 11.1 Å². The fourth-order valence-corrected chi connectivity index (χ4v) is 4.68. The third-order valence-corrected chi connectivity index (χ3v) is 6.34. The van der Waals surface area contributed by atoms with Gasteiger partial charge in [0, 0.05) is 25.0 Å². The van der Waals surface area contributed by atoms with Crippen LogP contribution in [0.5, 0.6) is 0 Å². The highest BCUT2D eigenvalue weighted by Gasteiger charge is 2.45. The van der Waals surface area contributed by atoms with Gasteiger partial charge in [-0.3, -0.25) is 0 Å². The lowest BCUT2D eigenvalue weighted by molar-refractivity contribution is 0.120. The maximum atomic E-state index is 12.7. The number of carbonyl (C=O) groups is 1. The van der Waals surface area contributed by atoms with Crippen molar-refractivity contribution in [1.29, 1.82) is 0 Å². The molecule has 3 aromatic carbocycles. The molecule has 3 aromatic rings. The number of ether oxygens (including phenoxy) is 1. The fraction of sp³-hybridized carbons (Fsp3) is 0.269. The smallest absolute Gasteiger partial charge is 0.410 e. The Bertz CT molecular complexity index is 1000. The summed E-state index contributed by atoms with van der Waals surface area (Å²) in [5.74, 6) is 0.102. The summed E-state index contributed by atoms with van der Waals surface area (Å²) in [5.41, 5.74) is 6.05. The minimum Gasteiger partial charge on any atom is -0.448 e. The molecule has 1 heterocycles. The second-order valence-corrected chi connectivity index (χ2v) is 8.16. The van der Waals surface area contributed by atoms with Gasteiger partial charge in [0.05, 0.1) is 6.04 Å². The number of amides is 1. The zero-order valence-electron chi connectivity index (χ0n) is 16.8. The highest BCUT2D eigenvalue weighted by Crippen LogP contribution is 2.44. The van der Waals surface area contributed by atoms with Gasteiger partial charge in [0.2, 0.25) is 0 Å². The molecule has 0 unspecified atom stereocenters. The summed E-state index contributed by atoms with van der Waals surface area (Å²) in [4.78, 5) is 14.4. The van der Waals surface area contributed by atoms with E-state index >= 15 is 0 Å². The van der Waals surface area contributed by atoms with Gasteiger partial charge in [0.1, 0.15) is 6.61 Å². The molecule has 152 valence electrons. The molecule has 30 heavy (non-hydrogen) atoms. The molecule has 2 aliphatic rings. The molecule has 0 aromatic heterocycles. The van der Waals surface area contributed by atoms with Crippen molar-refractivity contribution in [2.45, 2.75) is 18.4 Å². The second kappa shape index (κ2) is 7.96. The third kappa shape index (κ3) is 3.48. The standard InChI is InChI=1S/C26H25NO3/c28-16-19(14-18-8-2-1-3-9-18)25-15-27(25)26(29)30-17-24-22-12-6-4-10-20(22)21-11-5-7-13-23(21)24/h1-13,19,24-25,28H,14-17H2/t19-,25-,27?/m0/s1. The van der Waals surface area contributed by atoms with Crippen molar-refractivity contribution in [2.24, 2.45) is 5.92 Å². The van der Waals surface area contributed by atoms with E-state index < -0.39 is 0 Å². The van der Waals surface area contributed by atoms with E-state index in [4.69, 9.17) is 4.74 Å². The molecule has 2 atom stereocenters. The van der Waals surface area contributed by atoms with Crippen molar-refractivity contribution in [2.75, 3.05) is 19.8 Å². The van der Waals surface area contributed by atoms with Crippen LogP contribution < -0.4 is 0 Å². The Kier molecular flexibility index (Phi) is 5.01. The Labute approximate surface area is 176 Å². The monoisotopic (exact) mass is 399 g/mol. The van der Waals surface area contributed by atoms with Crippen molar-refractivity contribution >= 4 is 6.09 Å². The molecule has 5 rings (SSSR count). The van der Waals surface area contributed by atoms with Crippen LogP contribution >= 0.6 is 0 Å². The van der Waals surface area contributed by atoms with Gasteiger partial charge >= 0.3 is 6.09 Å². The third-order valence-electron chi connectivity index (χ3n) is 6.34. The quantitative estimate of drug-likeness (QED) is 0.622. The van der Waals surface area contributed by atoms with E-state index in [1.165, 1.54) is 27.8 Å². The van der Waals surface area contributed by atoms with Crippen molar-refractivity contribution < 1.29 is 14.6 Å². The van der Waals surface area contributed by atoms with Crippen LogP contribution in [0.2, 0.25) is 0 Å². The van der Waals surface area contributed by atoms with Gasteiger partial charge in [-0.05, 0) is 34.2 Å². The first-order valence-electron chi connectivity index (χ1n) is 10.5. The number of aliphatic hydroxyl groups excluding tert-OH is 1. The van der Waals surface area contributed by atoms with Crippen LogP contribution in [-0.4, -0.2) is 41.9 Å². The molecular formula is C26H25NO3. The van der Waals surface area contributed by atoms with E-state index in [1.807, 2.05) is 42.5 Å². The summed E-state index contributed by atoms with van der Waals surface area (Å²) >= 11 is 0. The van der Waals surface area contributed by atoms with Crippen LogP contribution in [-0.2, 0) is 11.2 Å². The lowest BCUT2D eigenvalue weighted by Crippen LogP contribution is -2.24. The Morgan fingerprint density at radius 1 is 0.933 bits per heavy atom. The number of carbonyl (C=O) groups excluding carboxylic acids is 1. The van der Waals surface area contributed by atoms with Crippen LogP contribution in [0.4, 0.5) is 4.79 Å². The van der Waals surface area contributed by atoms with E-state index in [2.05, 4.69) is 36.4 Å². The number of hydrogen-bond acceptors (Lipinski definition) is 3. The maximum absolute atomic E-state index is 12.7. The first kappa shape index (κ1) is 18.9. The molecule has 1 fully saturated rings. The average Bonchev–Trinajstić information content (AvgIpc) is 3.53. The predicted molar refractivity (Wildman–Crippen MR) is 116 cm³/mol. The van der Waals surface area contributed by atoms with Crippen LogP contribution in [0.25, 0.3) is 11.1 Å². The molecule has 1 saturated heterocycles. The van der Waals surface area contributed by atoms with E-state index in [9.17, 15) is 9.90 Å². The summed E-state index contributed by atoms with van der Waals surface area (Å²) in [6.45, 7) is 1.04. The van der Waals surface area contributed by atoms with E-state index in [0.717, 1.165) is 6.42 Å². The van der Waals surface area contributed by atoms with Crippen LogP contribution in [0, 0.1) is 5.92 Å². The molecule has 1 amide bonds. The first-order valence-corrected chi connectivity index (χ1v) is 10.5. The number of benzene rings is 3. The highest BCUT2D eigenvalue weighted by atomic mass is 16.6. The Morgan fingerprint density at radius 2 is 1.53 bits per heavy atom. The van der Waals surface area contributed by atoms with Gasteiger partial charge in [-0.25, -0.2) is 4.79 Å². The van der Waals surface area contributed by atoms with Gasteiger partial charge in [0.25, 0.3) is 0 Å². The molecule has 1 aliphatic heterocycles. The van der Waals surface area contributed by atoms with Crippen LogP contribution in [0.15, 0.2) is 78.9 Å².